The van der Waals surface area contributed by atoms with Crippen molar-refractivity contribution in [1.29, 1.82) is 0 Å². The fourth-order valence-corrected chi connectivity index (χ4v) is 4.84. The quantitative estimate of drug-likeness (QED) is 0.478. The van der Waals surface area contributed by atoms with E-state index in [4.69, 9.17) is 4.42 Å². The molecule has 4 aromatic rings. The summed E-state index contributed by atoms with van der Waals surface area (Å²) < 4.78 is 7.24. The van der Waals surface area contributed by atoms with E-state index in [0.717, 1.165) is 46.5 Å². The van der Waals surface area contributed by atoms with E-state index < -0.39 is 0 Å². The topological polar surface area (TPSA) is 92.8 Å². The summed E-state index contributed by atoms with van der Waals surface area (Å²) >= 11 is 0. The first-order valence-corrected chi connectivity index (χ1v) is 11.2. The van der Waals surface area contributed by atoms with E-state index in [1.54, 1.807) is 10.9 Å². The molecule has 1 saturated carbocycles. The Morgan fingerprint density at radius 2 is 2.03 bits per heavy atom. The summed E-state index contributed by atoms with van der Waals surface area (Å²) in [6, 6.07) is 10.5. The molecule has 1 aliphatic carbocycles. The van der Waals surface area contributed by atoms with E-state index in [1.807, 2.05) is 25.1 Å². The van der Waals surface area contributed by atoms with Gasteiger partial charge in [0.15, 0.2) is 5.82 Å². The molecule has 8 nitrogen and oxygen atoms in total. The second-order valence-corrected chi connectivity index (χ2v) is 8.85. The number of hydrogen-bond donors (Lipinski definition) is 1. The van der Waals surface area contributed by atoms with Gasteiger partial charge in [0, 0.05) is 18.2 Å². The van der Waals surface area contributed by atoms with Gasteiger partial charge in [0.1, 0.15) is 12.3 Å². The van der Waals surface area contributed by atoms with Crippen LogP contribution in [0.4, 0.5) is 0 Å². The van der Waals surface area contributed by atoms with Crippen LogP contribution >= 0.6 is 0 Å². The van der Waals surface area contributed by atoms with E-state index in [-0.39, 0.29) is 5.56 Å². The van der Waals surface area contributed by atoms with Crippen molar-refractivity contribution in [3.63, 3.8) is 0 Å². The number of rotatable bonds is 7. The maximum absolute atomic E-state index is 13.0. The first-order valence-electron chi connectivity index (χ1n) is 11.2. The second-order valence-electron chi connectivity index (χ2n) is 8.85. The predicted octanol–water partition coefficient (Wildman–Crippen LogP) is 3.72. The number of nitrogens with zero attached hydrogens (tertiary/aromatic N) is 5. The molecule has 1 N–H and O–H groups in total. The smallest absolute Gasteiger partial charge is 0.252 e. The number of aromatic nitrogens is 5. The van der Waals surface area contributed by atoms with E-state index in [2.05, 4.69) is 44.5 Å². The third-order valence-electron chi connectivity index (χ3n) is 6.42. The van der Waals surface area contributed by atoms with Crippen molar-refractivity contribution in [3.8, 4) is 0 Å². The fourth-order valence-electron chi connectivity index (χ4n) is 4.84. The molecule has 166 valence electrons. The van der Waals surface area contributed by atoms with Crippen LogP contribution in [0.3, 0.4) is 0 Å². The van der Waals surface area contributed by atoms with E-state index in [0.29, 0.717) is 25.7 Å². The number of fused-ring (bicyclic) bond motifs is 1. The van der Waals surface area contributed by atoms with Crippen LogP contribution in [0.1, 0.15) is 54.0 Å². The van der Waals surface area contributed by atoms with E-state index >= 15 is 0 Å². The molecule has 0 saturated heterocycles. The van der Waals surface area contributed by atoms with Gasteiger partial charge in [-0.3, -0.25) is 9.69 Å². The molecule has 1 aliphatic rings. The number of furan rings is 1. The number of nitrogens with one attached hydrogen (secondary N) is 1. The van der Waals surface area contributed by atoms with Crippen LogP contribution in [-0.4, -0.2) is 36.1 Å². The van der Waals surface area contributed by atoms with Gasteiger partial charge in [0.05, 0.1) is 18.3 Å². The molecule has 0 radical (unpaired) electrons. The minimum Gasteiger partial charge on any atom is -0.467 e. The van der Waals surface area contributed by atoms with E-state index in [9.17, 15) is 4.79 Å². The van der Waals surface area contributed by atoms with Gasteiger partial charge in [-0.15, -0.1) is 5.10 Å². The van der Waals surface area contributed by atoms with Gasteiger partial charge in [0.25, 0.3) is 5.56 Å². The molecule has 8 heteroatoms. The Hall–Kier alpha value is -3.26. The van der Waals surface area contributed by atoms with Gasteiger partial charge in [-0.05, 0) is 72.3 Å². The molecular weight excluding hydrogens is 404 g/mol. The zero-order valence-corrected chi connectivity index (χ0v) is 18.5. The third kappa shape index (κ3) is 4.23. The van der Waals surface area contributed by atoms with Crippen molar-refractivity contribution >= 4 is 10.9 Å². The number of H-pyrrole nitrogens is 1. The molecule has 3 aromatic heterocycles. The molecule has 1 fully saturated rings. The summed E-state index contributed by atoms with van der Waals surface area (Å²) in [4.78, 5) is 18.4. The summed E-state index contributed by atoms with van der Waals surface area (Å²) in [5.41, 5.74) is 3.95. The first-order chi connectivity index (χ1) is 15.6. The Balaban J connectivity index is 1.44. The highest BCUT2D eigenvalue weighted by Gasteiger charge is 2.26. The van der Waals surface area contributed by atoms with E-state index in [1.165, 1.54) is 18.4 Å². The Kier molecular flexibility index (Phi) is 5.61. The predicted molar refractivity (Wildman–Crippen MR) is 121 cm³/mol. The lowest BCUT2D eigenvalue weighted by atomic mass is 10.0. The van der Waals surface area contributed by atoms with Crippen molar-refractivity contribution in [3.05, 3.63) is 75.2 Å². The SMILES string of the molecule is Cc1cc(C)c2[nH]c(=O)c(CN(Cc3nnnn3Cc3ccco3)C3CCCC3)cc2c1. The molecule has 0 unspecified atom stereocenters. The summed E-state index contributed by atoms with van der Waals surface area (Å²) in [6.45, 7) is 5.76. The Labute approximate surface area is 186 Å². The maximum atomic E-state index is 13.0. The Bertz CT molecular complexity index is 1270. The molecule has 0 bridgehead atoms. The fraction of sp³-hybridized carbons (Fsp3) is 0.417. The number of benzene rings is 1. The molecule has 3 heterocycles. The average molecular weight is 433 g/mol. The first kappa shape index (κ1) is 20.6. The Morgan fingerprint density at radius 1 is 1.19 bits per heavy atom. The highest BCUT2D eigenvalue weighted by Crippen LogP contribution is 2.26. The van der Waals surface area contributed by atoms with Gasteiger partial charge in [0.2, 0.25) is 0 Å². The number of pyridine rings is 1. The third-order valence-corrected chi connectivity index (χ3v) is 6.42. The summed E-state index contributed by atoms with van der Waals surface area (Å²) in [7, 11) is 0. The highest BCUT2D eigenvalue weighted by atomic mass is 16.3. The van der Waals surface area contributed by atoms with Crippen molar-refractivity contribution in [2.45, 2.75) is 65.2 Å². The second kappa shape index (κ2) is 8.70. The van der Waals surface area contributed by atoms with Crippen LogP contribution in [0.25, 0.3) is 10.9 Å². The zero-order chi connectivity index (χ0) is 22.1. The van der Waals surface area contributed by atoms with Crippen LogP contribution in [0, 0.1) is 13.8 Å². The molecular formula is C24H28N6O2. The van der Waals surface area contributed by atoms with Gasteiger partial charge < -0.3 is 9.40 Å². The van der Waals surface area contributed by atoms with Crippen molar-refractivity contribution < 1.29 is 4.42 Å². The maximum Gasteiger partial charge on any atom is 0.252 e. The summed E-state index contributed by atoms with van der Waals surface area (Å²) in [5, 5.41) is 13.4. The average Bonchev–Trinajstić information content (AvgIpc) is 3.53. The van der Waals surface area contributed by atoms with Gasteiger partial charge >= 0.3 is 0 Å². The normalized spacial score (nSPS) is 14.7. The van der Waals surface area contributed by atoms with Crippen LogP contribution in [0.2, 0.25) is 0 Å². The largest absolute Gasteiger partial charge is 0.467 e. The van der Waals surface area contributed by atoms with Crippen molar-refractivity contribution in [2.75, 3.05) is 0 Å². The number of aromatic amines is 1. The van der Waals surface area contributed by atoms with Crippen LogP contribution in [0.15, 0.2) is 45.8 Å². The molecule has 0 amide bonds. The van der Waals surface area contributed by atoms with Gasteiger partial charge in [-0.2, -0.15) is 0 Å². The van der Waals surface area contributed by atoms with Crippen LogP contribution in [-0.2, 0) is 19.6 Å². The van der Waals surface area contributed by atoms with Crippen LogP contribution < -0.4 is 5.56 Å². The standard InChI is InChI=1S/C24H28N6O2/c1-16-10-17(2)23-18(11-16)12-19(24(31)25-23)13-29(20-6-3-4-7-20)15-22-26-27-28-30(22)14-21-8-5-9-32-21/h5,8-12,20H,3-4,6-7,13-15H2,1-2H3,(H,25,31). The minimum absolute atomic E-state index is 0.0253. The molecule has 0 aliphatic heterocycles. The number of hydrogen-bond acceptors (Lipinski definition) is 6. The number of aryl methyl sites for hydroxylation is 2. The van der Waals surface area contributed by atoms with Crippen molar-refractivity contribution in [1.82, 2.24) is 30.1 Å². The Morgan fingerprint density at radius 3 is 2.81 bits per heavy atom. The molecule has 32 heavy (non-hydrogen) atoms. The zero-order valence-electron chi connectivity index (χ0n) is 18.5. The van der Waals surface area contributed by atoms with Crippen LogP contribution in [0.5, 0.6) is 0 Å². The molecule has 0 atom stereocenters. The molecule has 1 aromatic carbocycles. The minimum atomic E-state index is -0.0253. The lowest BCUT2D eigenvalue weighted by molar-refractivity contribution is 0.172. The monoisotopic (exact) mass is 432 g/mol. The highest BCUT2D eigenvalue weighted by molar-refractivity contribution is 5.82. The summed E-state index contributed by atoms with van der Waals surface area (Å²) in [6.07, 6.45) is 6.34. The lowest BCUT2D eigenvalue weighted by Crippen LogP contribution is -2.35. The van der Waals surface area contributed by atoms with Gasteiger partial charge in [-0.25, -0.2) is 4.68 Å². The lowest BCUT2D eigenvalue weighted by Gasteiger charge is -2.28. The molecule has 5 rings (SSSR count). The summed E-state index contributed by atoms with van der Waals surface area (Å²) in [5.74, 6) is 1.58. The molecule has 0 spiro atoms. The number of tetrazole rings is 1. The van der Waals surface area contributed by atoms with Crippen molar-refractivity contribution in [2.24, 2.45) is 0 Å². The van der Waals surface area contributed by atoms with Gasteiger partial charge in [-0.1, -0.05) is 24.5 Å².